The first-order valence-corrected chi connectivity index (χ1v) is 7.26. The minimum absolute atomic E-state index is 0.0826. The van der Waals surface area contributed by atoms with E-state index in [4.69, 9.17) is 5.73 Å². The first kappa shape index (κ1) is 16.7. The molecule has 0 aliphatic heterocycles. The molecule has 0 unspecified atom stereocenters. The Labute approximate surface area is 127 Å². The normalized spacial score (nSPS) is 12.1. The van der Waals surface area contributed by atoms with Crippen LogP contribution in [-0.2, 0) is 9.59 Å². The Morgan fingerprint density at radius 3 is 2.40 bits per heavy atom. The van der Waals surface area contributed by atoms with Crippen LogP contribution >= 0.6 is 15.9 Å². The van der Waals surface area contributed by atoms with Crippen molar-refractivity contribution in [3.05, 3.63) is 28.7 Å². The molecule has 5 nitrogen and oxygen atoms in total. The minimum atomic E-state index is -0.574. The van der Waals surface area contributed by atoms with E-state index in [2.05, 4.69) is 26.6 Å². The van der Waals surface area contributed by atoms with Gasteiger partial charge in [0.15, 0.2) is 0 Å². The summed E-state index contributed by atoms with van der Waals surface area (Å²) in [4.78, 5) is 23.3. The molecule has 0 heterocycles. The quantitative estimate of drug-likeness (QED) is 0.738. The Bertz CT molecular complexity index is 460. The highest BCUT2D eigenvalue weighted by Gasteiger charge is 2.15. The fourth-order valence-electron chi connectivity index (χ4n) is 1.65. The average molecular weight is 342 g/mol. The van der Waals surface area contributed by atoms with Gasteiger partial charge in [0, 0.05) is 10.2 Å². The number of benzene rings is 1. The van der Waals surface area contributed by atoms with Crippen molar-refractivity contribution in [2.45, 2.75) is 26.3 Å². The highest BCUT2D eigenvalue weighted by Crippen LogP contribution is 2.13. The second-order valence-electron chi connectivity index (χ2n) is 5.01. The number of hydrogen-bond donors (Lipinski definition) is 3. The molecule has 0 bridgehead atoms. The van der Waals surface area contributed by atoms with E-state index in [0.29, 0.717) is 18.0 Å². The molecule has 0 radical (unpaired) electrons. The molecular weight excluding hydrogens is 322 g/mol. The summed E-state index contributed by atoms with van der Waals surface area (Å²) >= 11 is 3.31. The van der Waals surface area contributed by atoms with Crippen LogP contribution in [0.4, 0.5) is 5.69 Å². The van der Waals surface area contributed by atoms with Crippen LogP contribution in [-0.4, -0.2) is 24.4 Å². The van der Waals surface area contributed by atoms with Gasteiger partial charge in [-0.25, -0.2) is 0 Å². The Hall–Kier alpha value is -1.40. The second kappa shape index (κ2) is 8.01. The van der Waals surface area contributed by atoms with E-state index in [1.165, 1.54) is 0 Å². The number of carbonyl (C=O) groups is 2. The molecule has 1 atom stereocenters. The van der Waals surface area contributed by atoms with Crippen LogP contribution in [0, 0.1) is 5.92 Å². The molecule has 110 valence electrons. The summed E-state index contributed by atoms with van der Waals surface area (Å²) in [5.41, 5.74) is 6.40. The molecule has 1 aromatic rings. The number of carbonyl (C=O) groups excluding carboxylic acids is 2. The van der Waals surface area contributed by atoms with Crippen LogP contribution in [0.15, 0.2) is 28.7 Å². The maximum absolute atomic E-state index is 11.7. The lowest BCUT2D eigenvalue weighted by molar-refractivity contribution is -0.125. The Morgan fingerprint density at radius 1 is 1.25 bits per heavy atom. The standard InChI is InChI=1S/C14H20BrN3O2/c1-9(2)7-12(16)14(20)17-8-13(19)18-11-5-3-10(15)4-6-11/h3-6,9,12H,7-8,16H2,1-2H3,(H,17,20)(H,18,19)/t12-/m0/s1. The molecule has 0 aromatic heterocycles. The number of halogens is 1. The van der Waals surface area contributed by atoms with Crippen LogP contribution in [0.3, 0.4) is 0 Å². The van der Waals surface area contributed by atoms with Gasteiger partial charge >= 0.3 is 0 Å². The summed E-state index contributed by atoms with van der Waals surface area (Å²) in [7, 11) is 0. The number of nitrogens with one attached hydrogen (secondary N) is 2. The zero-order chi connectivity index (χ0) is 15.1. The van der Waals surface area contributed by atoms with Gasteiger partial charge in [-0.3, -0.25) is 9.59 Å². The van der Waals surface area contributed by atoms with Crippen LogP contribution < -0.4 is 16.4 Å². The second-order valence-corrected chi connectivity index (χ2v) is 5.92. The fourth-order valence-corrected chi connectivity index (χ4v) is 1.92. The van der Waals surface area contributed by atoms with Gasteiger partial charge in [-0.2, -0.15) is 0 Å². The van der Waals surface area contributed by atoms with Gasteiger partial charge in [-0.05, 0) is 36.6 Å². The van der Waals surface area contributed by atoms with Crippen molar-refractivity contribution in [1.29, 1.82) is 0 Å². The van der Waals surface area contributed by atoms with Gasteiger partial charge in [0.05, 0.1) is 12.6 Å². The van der Waals surface area contributed by atoms with E-state index in [9.17, 15) is 9.59 Å². The maximum atomic E-state index is 11.7. The predicted molar refractivity (Wildman–Crippen MR) is 83.2 cm³/mol. The molecule has 0 fully saturated rings. The molecule has 1 rings (SSSR count). The van der Waals surface area contributed by atoms with Crippen LogP contribution in [0.2, 0.25) is 0 Å². The summed E-state index contributed by atoms with van der Waals surface area (Å²) in [6, 6.07) is 6.62. The van der Waals surface area contributed by atoms with E-state index in [1.54, 1.807) is 12.1 Å². The van der Waals surface area contributed by atoms with Gasteiger partial charge in [0.25, 0.3) is 0 Å². The Balaban J connectivity index is 2.36. The highest BCUT2D eigenvalue weighted by atomic mass is 79.9. The summed E-state index contributed by atoms with van der Waals surface area (Å²) in [5, 5.41) is 5.22. The lowest BCUT2D eigenvalue weighted by atomic mass is 10.0. The maximum Gasteiger partial charge on any atom is 0.243 e. The number of amides is 2. The monoisotopic (exact) mass is 341 g/mol. The lowest BCUT2D eigenvalue weighted by Crippen LogP contribution is -2.44. The minimum Gasteiger partial charge on any atom is -0.346 e. The molecule has 0 aliphatic carbocycles. The van der Waals surface area contributed by atoms with Crippen LogP contribution in [0.5, 0.6) is 0 Å². The van der Waals surface area contributed by atoms with Crippen LogP contribution in [0.1, 0.15) is 20.3 Å². The number of nitrogens with two attached hydrogens (primary N) is 1. The van der Waals surface area contributed by atoms with Crippen molar-refractivity contribution in [3.63, 3.8) is 0 Å². The third kappa shape index (κ3) is 6.16. The molecule has 4 N–H and O–H groups in total. The largest absolute Gasteiger partial charge is 0.346 e. The third-order valence-corrected chi connectivity index (χ3v) is 3.14. The van der Waals surface area contributed by atoms with E-state index >= 15 is 0 Å². The molecule has 2 amide bonds. The lowest BCUT2D eigenvalue weighted by Gasteiger charge is -2.14. The summed E-state index contributed by atoms with van der Waals surface area (Å²) in [5.74, 6) is -0.241. The van der Waals surface area contributed by atoms with Crippen LogP contribution in [0.25, 0.3) is 0 Å². The molecule has 0 spiro atoms. The molecule has 0 saturated heterocycles. The summed E-state index contributed by atoms with van der Waals surface area (Å²) in [6.45, 7) is 3.90. The first-order chi connectivity index (χ1) is 9.38. The molecule has 20 heavy (non-hydrogen) atoms. The van der Waals surface area contributed by atoms with Crippen molar-refractivity contribution >= 4 is 33.4 Å². The smallest absolute Gasteiger partial charge is 0.243 e. The number of anilines is 1. The van der Waals surface area contributed by atoms with Crippen molar-refractivity contribution in [3.8, 4) is 0 Å². The van der Waals surface area contributed by atoms with Gasteiger partial charge in [-0.15, -0.1) is 0 Å². The number of rotatable bonds is 6. The molecule has 1 aromatic carbocycles. The van der Waals surface area contributed by atoms with Gasteiger partial charge in [0.2, 0.25) is 11.8 Å². The molecular formula is C14H20BrN3O2. The topological polar surface area (TPSA) is 84.2 Å². The fraction of sp³-hybridized carbons (Fsp3) is 0.429. The van der Waals surface area contributed by atoms with Crippen molar-refractivity contribution in [1.82, 2.24) is 5.32 Å². The van der Waals surface area contributed by atoms with E-state index in [0.717, 1.165) is 4.47 Å². The van der Waals surface area contributed by atoms with Crippen molar-refractivity contribution in [2.75, 3.05) is 11.9 Å². The van der Waals surface area contributed by atoms with Crippen molar-refractivity contribution in [2.24, 2.45) is 11.7 Å². The Morgan fingerprint density at radius 2 is 1.85 bits per heavy atom. The SMILES string of the molecule is CC(C)C[C@H](N)C(=O)NCC(=O)Nc1ccc(Br)cc1. The summed E-state index contributed by atoms with van der Waals surface area (Å²) in [6.07, 6.45) is 0.597. The zero-order valence-corrected chi connectivity index (χ0v) is 13.2. The zero-order valence-electron chi connectivity index (χ0n) is 11.7. The Kier molecular flexibility index (Phi) is 6.67. The highest BCUT2D eigenvalue weighted by molar-refractivity contribution is 9.10. The molecule has 0 aliphatic rings. The third-order valence-electron chi connectivity index (χ3n) is 2.61. The molecule has 0 saturated carbocycles. The predicted octanol–water partition coefficient (Wildman–Crippen LogP) is 1.88. The van der Waals surface area contributed by atoms with Gasteiger partial charge < -0.3 is 16.4 Å². The summed E-state index contributed by atoms with van der Waals surface area (Å²) < 4.78 is 0.934. The van der Waals surface area contributed by atoms with Crippen molar-refractivity contribution < 1.29 is 9.59 Å². The number of hydrogen-bond acceptors (Lipinski definition) is 3. The van der Waals surface area contributed by atoms with E-state index < -0.39 is 6.04 Å². The first-order valence-electron chi connectivity index (χ1n) is 6.47. The van der Waals surface area contributed by atoms with Gasteiger partial charge in [-0.1, -0.05) is 29.8 Å². The molecule has 6 heteroatoms. The average Bonchev–Trinajstić information content (AvgIpc) is 2.38. The van der Waals surface area contributed by atoms with E-state index in [-0.39, 0.29) is 18.4 Å². The van der Waals surface area contributed by atoms with Gasteiger partial charge in [0.1, 0.15) is 0 Å². The van der Waals surface area contributed by atoms with E-state index in [1.807, 2.05) is 26.0 Å².